The van der Waals surface area contributed by atoms with E-state index in [1.807, 2.05) is 27.7 Å². The highest BCUT2D eigenvalue weighted by atomic mass is 16.6. The first kappa shape index (κ1) is 17.4. The van der Waals surface area contributed by atoms with Crippen LogP contribution in [-0.2, 0) is 28.6 Å². The third-order valence-corrected chi connectivity index (χ3v) is 2.95. The summed E-state index contributed by atoms with van der Waals surface area (Å²) in [6.45, 7) is 8.30. The molecule has 1 atom stereocenters. The SMILES string of the molecule is CC(CC(=O)OC(COC=O)COC=O)C(C)(C)C. The van der Waals surface area contributed by atoms with Crippen LogP contribution in [0.1, 0.15) is 34.1 Å². The summed E-state index contributed by atoms with van der Waals surface area (Å²) in [7, 11) is 0. The number of carbonyl (C=O) groups excluding carboxylic acids is 3. The molecule has 0 bridgehead atoms. The van der Waals surface area contributed by atoms with Gasteiger partial charge in [0.15, 0.2) is 6.10 Å². The predicted molar refractivity (Wildman–Crippen MR) is 67.1 cm³/mol. The van der Waals surface area contributed by atoms with Crippen LogP contribution in [0.25, 0.3) is 0 Å². The Bertz CT molecular complexity index is 282. The summed E-state index contributed by atoms with van der Waals surface area (Å²) in [5, 5.41) is 0. The van der Waals surface area contributed by atoms with E-state index in [2.05, 4.69) is 9.47 Å². The van der Waals surface area contributed by atoms with E-state index in [1.165, 1.54) is 0 Å². The van der Waals surface area contributed by atoms with Gasteiger partial charge in [-0.1, -0.05) is 27.7 Å². The lowest BCUT2D eigenvalue weighted by molar-refractivity contribution is -0.161. The van der Waals surface area contributed by atoms with Crippen molar-refractivity contribution in [3.8, 4) is 0 Å². The van der Waals surface area contributed by atoms with E-state index >= 15 is 0 Å². The van der Waals surface area contributed by atoms with Crippen LogP contribution in [0.2, 0.25) is 0 Å². The molecule has 0 aliphatic carbocycles. The van der Waals surface area contributed by atoms with Crippen LogP contribution in [0.15, 0.2) is 0 Å². The molecule has 0 aromatic heterocycles. The fraction of sp³-hybridized carbons (Fsp3) is 0.769. The molecule has 0 aliphatic heterocycles. The molecule has 19 heavy (non-hydrogen) atoms. The topological polar surface area (TPSA) is 78.9 Å². The van der Waals surface area contributed by atoms with Gasteiger partial charge in [-0.15, -0.1) is 0 Å². The number of carbonyl (C=O) groups is 3. The Labute approximate surface area is 113 Å². The molecule has 0 aromatic carbocycles. The first-order valence-corrected chi connectivity index (χ1v) is 6.11. The quantitative estimate of drug-likeness (QED) is 0.358. The van der Waals surface area contributed by atoms with Gasteiger partial charge in [-0.05, 0) is 11.3 Å². The summed E-state index contributed by atoms with van der Waals surface area (Å²) < 4.78 is 14.1. The number of ether oxygens (including phenoxy) is 3. The van der Waals surface area contributed by atoms with Crippen molar-refractivity contribution in [2.24, 2.45) is 11.3 Å². The van der Waals surface area contributed by atoms with Crippen molar-refractivity contribution in [1.82, 2.24) is 0 Å². The van der Waals surface area contributed by atoms with E-state index in [9.17, 15) is 14.4 Å². The minimum atomic E-state index is -0.768. The predicted octanol–water partition coefficient (Wildman–Crippen LogP) is 1.32. The highest BCUT2D eigenvalue weighted by Crippen LogP contribution is 2.28. The fourth-order valence-corrected chi connectivity index (χ4v) is 1.20. The van der Waals surface area contributed by atoms with Crippen LogP contribution in [-0.4, -0.2) is 38.2 Å². The first-order chi connectivity index (χ1) is 8.81. The van der Waals surface area contributed by atoms with Crippen LogP contribution in [0.5, 0.6) is 0 Å². The summed E-state index contributed by atoms with van der Waals surface area (Å²) in [6, 6.07) is 0. The van der Waals surface area contributed by atoms with Crippen LogP contribution < -0.4 is 0 Å². The molecule has 6 nitrogen and oxygen atoms in total. The van der Waals surface area contributed by atoms with Crippen molar-refractivity contribution < 1.29 is 28.6 Å². The van der Waals surface area contributed by atoms with Gasteiger partial charge in [-0.2, -0.15) is 0 Å². The zero-order chi connectivity index (χ0) is 14.9. The first-order valence-electron chi connectivity index (χ1n) is 6.11. The number of hydrogen-bond acceptors (Lipinski definition) is 6. The maximum atomic E-state index is 11.7. The summed E-state index contributed by atoms with van der Waals surface area (Å²) in [4.78, 5) is 31.9. The van der Waals surface area contributed by atoms with E-state index in [0.29, 0.717) is 0 Å². The summed E-state index contributed by atoms with van der Waals surface area (Å²) in [5.74, 6) is -0.268. The molecule has 1 unspecified atom stereocenters. The molecule has 0 aromatic rings. The van der Waals surface area contributed by atoms with E-state index < -0.39 is 12.1 Å². The second-order valence-electron chi connectivity index (χ2n) is 5.44. The Hall–Kier alpha value is -1.59. The highest BCUT2D eigenvalue weighted by Gasteiger charge is 2.25. The van der Waals surface area contributed by atoms with Gasteiger partial charge in [0, 0.05) is 6.42 Å². The van der Waals surface area contributed by atoms with Crippen molar-refractivity contribution in [3.63, 3.8) is 0 Å². The van der Waals surface area contributed by atoms with Crippen molar-refractivity contribution in [2.75, 3.05) is 13.2 Å². The maximum absolute atomic E-state index is 11.7. The van der Waals surface area contributed by atoms with Crippen LogP contribution in [0.4, 0.5) is 0 Å². The highest BCUT2D eigenvalue weighted by molar-refractivity contribution is 5.70. The van der Waals surface area contributed by atoms with Gasteiger partial charge >= 0.3 is 5.97 Å². The zero-order valence-electron chi connectivity index (χ0n) is 11.9. The molecule has 0 amide bonds. The molecule has 0 N–H and O–H groups in total. The third-order valence-electron chi connectivity index (χ3n) is 2.95. The van der Waals surface area contributed by atoms with E-state index in [4.69, 9.17) is 4.74 Å². The Morgan fingerprint density at radius 1 is 1.11 bits per heavy atom. The Morgan fingerprint density at radius 2 is 1.58 bits per heavy atom. The lowest BCUT2D eigenvalue weighted by Crippen LogP contribution is -2.30. The fourth-order valence-electron chi connectivity index (χ4n) is 1.20. The van der Waals surface area contributed by atoms with Crippen molar-refractivity contribution in [2.45, 2.75) is 40.2 Å². The minimum absolute atomic E-state index is 0.00684. The van der Waals surface area contributed by atoms with Crippen LogP contribution >= 0.6 is 0 Å². The Morgan fingerprint density at radius 3 is 1.95 bits per heavy atom. The molecule has 0 rings (SSSR count). The standard InChI is InChI=1S/C13H22O6/c1-10(13(2,3)4)5-12(16)19-11(6-17-8-14)7-18-9-15/h8-11H,5-7H2,1-4H3. The van der Waals surface area contributed by atoms with Gasteiger partial charge in [-0.3, -0.25) is 14.4 Å². The molecular formula is C13H22O6. The maximum Gasteiger partial charge on any atom is 0.306 e. The average Bonchev–Trinajstić information content (AvgIpc) is 2.31. The number of esters is 1. The van der Waals surface area contributed by atoms with E-state index in [1.54, 1.807) is 0 Å². The molecular weight excluding hydrogens is 252 g/mol. The van der Waals surface area contributed by atoms with Crippen molar-refractivity contribution >= 4 is 18.9 Å². The summed E-state index contributed by atoms with van der Waals surface area (Å²) >= 11 is 0. The summed E-state index contributed by atoms with van der Waals surface area (Å²) in [5.41, 5.74) is -0.00684. The largest absolute Gasteiger partial charge is 0.464 e. The molecule has 0 heterocycles. The molecule has 6 heteroatoms. The molecule has 0 saturated heterocycles. The normalized spacial score (nSPS) is 12.7. The number of rotatable bonds is 9. The minimum Gasteiger partial charge on any atom is -0.464 e. The molecule has 110 valence electrons. The lowest BCUT2D eigenvalue weighted by Gasteiger charge is -2.27. The van der Waals surface area contributed by atoms with Gasteiger partial charge < -0.3 is 14.2 Å². The second-order valence-corrected chi connectivity index (χ2v) is 5.44. The molecule has 0 saturated carbocycles. The lowest BCUT2D eigenvalue weighted by atomic mass is 9.80. The summed E-state index contributed by atoms with van der Waals surface area (Å²) in [6.07, 6.45) is -0.516. The van der Waals surface area contributed by atoms with Crippen molar-refractivity contribution in [3.05, 3.63) is 0 Å². The monoisotopic (exact) mass is 274 g/mol. The third kappa shape index (κ3) is 8.18. The average molecular weight is 274 g/mol. The smallest absolute Gasteiger partial charge is 0.306 e. The van der Waals surface area contributed by atoms with Crippen molar-refractivity contribution in [1.29, 1.82) is 0 Å². The van der Waals surface area contributed by atoms with Gasteiger partial charge in [-0.25, -0.2) is 0 Å². The molecule has 0 fully saturated rings. The van der Waals surface area contributed by atoms with Gasteiger partial charge in [0.1, 0.15) is 13.2 Å². The van der Waals surface area contributed by atoms with E-state index in [-0.39, 0.29) is 43.9 Å². The Balaban J connectivity index is 4.28. The van der Waals surface area contributed by atoms with Gasteiger partial charge in [0.25, 0.3) is 12.9 Å². The van der Waals surface area contributed by atoms with Gasteiger partial charge in [0.2, 0.25) is 0 Å². The van der Waals surface area contributed by atoms with Crippen LogP contribution in [0.3, 0.4) is 0 Å². The Kier molecular flexibility index (Phi) is 7.79. The number of hydrogen-bond donors (Lipinski definition) is 0. The second kappa shape index (κ2) is 8.50. The molecule has 0 aliphatic rings. The van der Waals surface area contributed by atoms with Gasteiger partial charge in [0.05, 0.1) is 0 Å². The zero-order valence-corrected chi connectivity index (χ0v) is 11.9. The van der Waals surface area contributed by atoms with E-state index in [0.717, 1.165) is 0 Å². The molecule has 0 radical (unpaired) electrons. The molecule has 0 spiro atoms. The van der Waals surface area contributed by atoms with Crippen LogP contribution in [0, 0.1) is 11.3 Å².